The summed E-state index contributed by atoms with van der Waals surface area (Å²) in [6.45, 7) is 0. The number of hydrogen-bond acceptors (Lipinski definition) is 4. The van der Waals surface area contributed by atoms with Crippen molar-refractivity contribution in [3.8, 4) is 5.75 Å². The van der Waals surface area contributed by atoms with E-state index >= 15 is 0 Å². The Bertz CT molecular complexity index is 442. The van der Waals surface area contributed by atoms with Crippen LogP contribution in [0.25, 0.3) is 0 Å². The van der Waals surface area contributed by atoms with E-state index in [2.05, 4.69) is 0 Å². The summed E-state index contributed by atoms with van der Waals surface area (Å²) < 4.78 is 26.8. The summed E-state index contributed by atoms with van der Waals surface area (Å²) in [5, 5.41) is 8.61. The van der Waals surface area contributed by atoms with Crippen molar-refractivity contribution in [2.45, 2.75) is 6.42 Å². The Hall–Kier alpha value is -1.18. The van der Waals surface area contributed by atoms with E-state index in [1.165, 1.54) is 25.3 Å². The predicted molar refractivity (Wildman–Crippen MR) is 58.4 cm³/mol. The van der Waals surface area contributed by atoms with Gasteiger partial charge in [-0.3, -0.25) is 4.79 Å². The summed E-state index contributed by atoms with van der Waals surface area (Å²) >= 11 is -3.64. The molecule has 82 valence electrons. The summed E-state index contributed by atoms with van der Waals surface area (Å²) in [5.41, 5.74) is 0.275. The highest BCUT2D eigenvalue weighted by atomic mass is 127. The van der Waals surface area contributed by atoms with Gasteiger partial charge in [0.05, 0.1) is 17.1 Å². The lowest BCUT2D eigenvalue weighted by molar-refractivity contribution is -0.136. The van der Waals surface area contributed by atoms with Gasteiger partial charge >= 0.3 is 25.8 Å². The Balaban J connectivity index is 3.22. The summed E-state index contributed by atoms with van der Waals surface area (Å²) in [5.74, 6) is -0.616. The quantitative estimate of drug-likeness (QED) is 0.853. The maximum atomic E-state index is 10.9. The average molecular weight is 324 g/mol. The predicted octanol–water partition coefficient (Wildman–Crippen LogP) is 1.69. The van der Waals surface area contributed by atoms with Crippen molar-refractivity contribution in [2.75, 3.05) is 7.11 Å². The first kappa shape index (κ1) is 11.9. The number of carbonyl (C=O) groups is 1. The van der Waals surface area contributed by atoms with Crippen LogP contribution in [0.3, 0.4) is 0 Å². The lowest BCUT2D eigenvalue weighted by Gasteiger charge is -2.04. The minimum absolute atomic E-state index is 0.113. The van der Waals surface area contributed by atoms with Crippen LogP contribution < -0.4 is 4.74 Å². The standard InChI is InChI=1S/C9H9IO5/c1-15-7-2-3-8(10(13)14)6(4-7)5-9(11)12/h2-4H,5H2,1H3,(H,11,12). The van der Waals surface area contributed by atoms with Crippen molar-refractivity contribution in [1.82, 2.24) is 0 Å². The third-order valence-electron chi connectivity index (χ3n) is 1.76. The molecule has 1 aromatic carbocycles. The third-order valence-corrected chi connectivity index (χ3v) is 3.76. The van der Waals surface area contributed by atoms with Gasteiger partial charge in [-0.05, 0) is 23.8 Å². The van der Waals surface area contributed by atoms with Crippen molar-refractivity contribution in [2.24, 2.45) is 0 Å². The fraction of sp³-hybridized carbons (Fsp3) is 0.222. The Labute approximate surface area is 93.2 Å². The molecule has 1 rings (SSSR count). The molecule has 0 aliphatic carbocycles. The molecular formula is C9H9IO5. The summed E-state index contributed by atoms with van der Waals surface area (Å²) in [4.78, 5) is 10.5. The van der Waals surface area contributed by atoms with Crippen LogP contribution in [0.4, 0.5) is 0 Å². The highest BCUT2D eigenvalue weighted by molar-refractivity contribution is 14.2. The zero-order chi connectivity index (χ0) is 11.4. The molecule has 0 radical (unpaired) electrons. The molecule has 0 saturated carbocycles. The number of methoxy groups -OCH3 is 1. The zero-order valence-corrected chi connectivity index (χ0v) is 10.1. The maximum absolute atomic E-state index is 10.9. The Morgan fingerprint density at radius 3 is 2.60 bits per heavy atom. The van der Waals surface area contributed by atoms with Gasteiger partial charge < -0.3 is 9.84 Å². The Kier molecular flexibility index (Phi) is 4.01. The molecule has 0 heterocycles. The molecule has 0 atom stereocenters. The first-order chi connectivity index (χ1) is 7.04. The van der Waals surface area contributed by atoms with Gasteiger partial charge in [-0.2, -0.15) is 0 Å². The molecule has 0 spiro atoms. The Morgan fingerprint density at radius 2 is 2.13 bits per heavy atom. The van der Waals surface area contributed by atoms with Crippen LogP contribution in [0.2, 0.25) is 0 Å². The molecule has 0 fully saturated rings. The van der Waals surface area contributed by atoms with Crippen LogP contribution in [0.1, 0.15) is 5.56 Å². The highest BCUT2D eigenvalue weighted by Crippen LogP contribution is 2.26. The summed E-state index contributed by atoms with van der Waals surface area (Å²) in [7, 11) is 1.43. The largest absolute Gasteiger partial charge is 0.497 e. The molecule has 1 aromatic rings. The second kappa shape index (κ2) is 5.06. The van der Waals surface area contributed by atoms with Gasteiger partial charge in [-0.1, -0.05) is 0 Å². The third kappa shape index (κ3) is 3.15. The second-order valence-electron chi connectivity index (χ2n) is 2.75. The number of aliphatic carboxylic acids is 1. The number of carboxylic acids is 1. The summed E-state index contributed by atoms with van der Waals surface area (Å²) in [6, 6.07) is 4.31. The van der Waals surface area contributed by atoms with Gasteiger partial charge in [0.1, 0.15) is 5.75 Å². The molecule has 15 heavy (non-hydrogen) atoms. The monoisotopic (exact) mass is 324 g/mol. The molecule has 0 aliphatic heterocycles. The minimum Gasteiger partial charge on any atom is -0.497 e. The average Bonchev–Trinajstić information content (AvgIpc) is 2.16. The number of ether oxygens (including phenoxy) is 1. The smallest absolute Gasteiger partial charge is 0.341 e. The van der Waals surface area contributed by atoms with Gasteiger partial charge in [0.2, 0.25) is 0 Å². The molecule has 1 N–H and O–H groups in total. The van der Waals surface area contributed by atoms with Crippen LogP contribution in [-0.2, 0) is 17.4 Å². The molecule has 0 amide bonds. The fourth-order valence-corrected chi connectivity index (χ4v) is 2.51. The highest BCUT2D eigenvalue weighted by Gasteiger charge is 2.11. The number of rotatable bonds is 4. The van der Waals surface area contributed by atoms with Gasteiger partial charge in [-0.25, -0.2) is 6.14 Å². The van der Waals surface area contributed by atoms with Gasteiger partial charge in [-0.15, -0.1) is 0 Å². The number of carboxylic acid groups (broad SMARTS) is 1. The molecule has 6 heteroatoms. The molecule has 0 aliphatic rings. The number of halogens is 1. The topological polar surface area (TPSA) is 80.7 Å². The fourth-order valence-electron chi connectivity index (χ4n) is 1.13. The minimum atomic E-state index is -3.64. The Morgan fingerprint density at radius 1 is 1.47 bits per heavy atom. The first-order valence-corrected chi connectivity index (χ1v) is 6.82. The number of hydrogen-bond donors (Lipinski definition) is 1. The molecular weight excluding hydrogens is 315 g/mol. The second-order valence-corrected chi connectivity index (χ2v) is 5.15. The van der Waals surface area contributed by atoms with E-state index < -0.39 is 25.8 Å². The van der Waals surface area contributed by atoms with E-state index in [0.29, 0.717) is 5.75 Å². The van der Waals surface area contributed by atoms with Gasteiger partial charge in [0.25, 0.3) is 0 Å². The SMILES string of the molecule is COc1ccc(I(=O)=O)c(CC(=O)O)c1. The van der Waals surface area contributed by atoms with Crippen molar-refractivity contribution in [1.29, 1.82) is 0 Å². The molecule has 0 unspecified atom stereocenters. The van der Waals surface area contributed by atoms with Crippen LogP contribution in [0, 0.1) is 3.57 Å². The van der Waals surface area contributed by atoms with Crippen LogP contribution in [0.5, 0.6) is 5.75 Å². The van der Waals surface area contributed by atoms with E-state index in [0.717, 1.165) is 0 Å². The van der Waals surface area contributed by atoms with Crippen LogP contribution in [-0.4, -0.2) is 18.2 Å². The van der Waals surface area contributed by atoms with E-state index in [1.807, 2.05) is 0 Å². The van der Waals surface area contributed by atoms with Crippen LogP contribution in [0.15, 0.2) is 18.2 Å². The summed E-state index contributed by atoms with van der Waals surface area (Å²) in [6.07, 6.45) is -0.314. The molecule has 0 bridgehead atoms. The first-order valence-electron chi connectivity index (χ1n) is 3.98. The van der Waals surface area contributed by atoms with E-state index in [-0.39, 0.29) is 15.6 Å². The normalized spacial score (nSPS) is 10.3. The van der Waals surface area contributed by atoms with Gasteiger partial charge in [0, 0.05) is 0 Å². The van der Waals surface area contributed by atoms with Crippen molar-refractivity contribution in [3.63, 3.8) is 0 Å². The van der Waals surface area contributed by atoms with E-state index in [1.54, 1.807) is 0 Å². The molecule has 0 aromatic heterocycles. The van der Waals surface area contributed by atoms with E-state index in [9.17, 15) is 10.9 Å². The van der Waals surface area contributed by atoms with E-state index in [4.69, 9.17) is 9.84 Å². The molecule has 0 saturated heterocycles. The number of benzene rings is 1. The van der Waals surface area contributed by atoms with Crippen molar-refractivity contribution >= 4 is 25.8 Å². The van der Waals surface area contributed by atoms with Crippen molar-refractivity contribution in [3.05, 3.63) is 27.3 Å². The lowest BCUT2D eigenvalue weighted by atomic mass is 10.1. The molecule has 5 nitrogen and oxygen atoms in total. The van der Waals surface area contributed by atoms with Gasteiger partial charge in [0.15, 0.2) is 0 Å². The zero-order valence-electron chi connectivity index (χ0n) is 7.90. The lowest BCUT2D eigenvalue weighted by Crippen LogP contribution is -2.02. The van der Waals surface area contributed by atoms with Crippen LogP contribution >= 0.6 is 19.8 Å². The van der Waals surface area contributed by atoms with Crippen molar-refractivity contribution < 1.29 is 20.8 Å². The maximum Gasteiger partial charge on any atom is 0.341 e.